The molecule has 0 unspecified atom stereocenters. The van der Waals surface area contributed by atoms with E-state index in [1.165, 1.54) is 19.2 Å². The van der Waals surface area contributed by atoms with E-state index in [1.54, 1.807) is 6.07 Å². The Labute approximate surface area is 145 Å². The van der Waals surface area contributed by atoms with Crippen molar-refractivity contribution in [3.8, 4) is 0 Å². The lowest BCUT2D eigenvalue weighted by atomic mass is 9.88. The maximum atomic E-state index is 11.6. The molecule has 2 rings (SSSR count). The van der Waals surface area contributed by atoms with E-state index in [4.69, 9.17) is 0 Å². The van der Waals surface area contributed by atoms with E-state index in [0.29, 0.717) is 12.0 Å². The van der Waals surface area contributed by atoms with Crippen LogP contribution in [0.4, 0.5) is 5.69 Å². The number of hydrogen-bond acceptors (Lipinski definition) is 5. The summed E-state index contributed by atoms with van der Waals surface area (Å²) in [6.45, 7) is 1.97. The molecule has 25 heavy (non-hydrogen) atoms. The summed E-state index contributed by atoms with van der Waals surface area (Å²) < 4.78 is 4.60. The van der Waals surface area contributed by atoms with Crippen LogP contribution < -0.4 is 0 Å². The number of hydrogen-bond donors (Lipinski definition) is 0. The van der Waals surface area contributed by atoms with Gasteiger partial charge < -0.3 is 9.53 Å². The number of nitro benzene ring substituents is 1. The lowest BCUT2D eigenvalue weighted by molar-refractivity contribution is -0.385. The zero-order valence-corrected chi connectivity index (χ0v) is 14.1. The molecule has 0 aliphatic carbocycles. The number of rotatable bonds is 7. The Morgan fingerprint density at radius 3 is 2.48 bits per heavy atom. The molecular weight excluding hydrogens is 322 g/mol. The summed E-state index contributed by atoms with van der Waals surface area (Å²) in [5.74, 6) is -0.793. The number of nitrogens with zero attached hydrogens (tertiary/aromatic N) is 1. The fourth-order valence-electron chi connectivity index (χ4n) is 2.71. The first-order chi connectivity index (χ1) is 12.0. The van der Waals surface area contributed by atoms with Gasteiger partial charge in [0.15, 0.2) is 0 Å². The number of benzene rings is 2. The molecule has 0 heterocycles. The van der Waals surface area contributed by atoms with Crippen LogP contribution in [0.3, 0.4) is 0 Å². The Balaban J connectivity index is 2.37. The van der Waals surface area contributed by atoms with Gasteiger partial charge in [-0.25, -0.2) is 4.79 Å². The molecule has 6 nitrogen and oxygen atoms in total. The van der Waals surface area contributed by atoms with E-state index in [2.05, 4.69) is 4.74 Å². The number of aldehydes is 1. The van der Waals surface area contributed by atoms with E-state index >= 15 is 0 Å². The van der Waals surface area contributed by atoms with Crippen molar-refractivity contribution in [2.45, 2.75) is 25.7 Å². The minimum absolute atomic E-state index is 0.125. The van der Waals surface area contributed by atoms with Crippen molar-refractivity contribution in [2.24, 2.45) is 0 Å². The van der Waals surface area contributed by atoms with Crippen molar-refractivity contribution < 1.29 is 19.2 Å². The number of esters is 1. The second kappa shape index (κ2) is 8.19. The standard InChI is InChI=1S/C19H19NO5/c1-13-3-5-14(6-4-13)15(9-10-21)11-16-7-8-17(19(22)25-2)12-18(16)20(23)24/h3-8,10,12,15H,9,11H2,1-2H3/t15-/m1/s1. The molecule has 0 radical (unpaired) electrons. The molecule has 0 fully saturated rings. The third-order valence-electron chi connectivity index (χ3n) is 4.10. The van der Waals surface area contributed by atoms with Crippen molar-refractivity contribution in [2.75, 3.05) is 7.11 Å². The fraction of sp³-hybridized carbons (Fsp3) is 0.263. The summed E-state index contributed by atoms with van der Waals surface area (Å²) >= 11 is 0. The average molecular weight is 341 g/mol. The van der Waals surface area contributed by atoms with Gasteiger partial charge in [-0.2, -0.15) is 0 Å². The Morgan fingerprint density at radius 1 is 1.24 bits per heavy atom. The Hall–Kier alpha value is -3.02. The van der Waals surface area contributed by atoms with Crippen LogP contribution in [-0.2, 0) is 16.0 Å². The summed E-state index contributed by atoms with van der Waals surface area (Å²) in [5, 5.41) is 11.4. The molecule has 1 atom stereocenters. The summed E-state index contributed by atoms with van der Waals surface area (Å²) in [5.41, 5.74) is 2.50. The van der Waals surface area contributed by atoms with Gasteiger partial charge in [0.1, 0.15) is 6.29 Å². The number of nitro groups is 1. The zero-order chi connectivity index (χ0) is 18.4. The lowest BCUT2D eigenvalue weighted by Gasteiger charge is -2.15. The van der Waals surface area contributed by atoms with Crippen LogP contribution in [0.5, 0.6) is 0 Å². The highest BCUT2D eigenvalue weighted by atomic mass is 16.6. The number of ether oxygens (including phenoxy) is 1. The predicted octanol–water partition coefficient (Wildman–Crippen LogP) is 3.61. The molecule has 0 N–H and O–H groups in total. The van der Waals surface area contributed by atoms with E-state index < -0.39 is 10.9 Å². The topological polar surface area (TPSA) is 86.5 Å². The molecule has 0 aromatic heterocycles. The van der Waals surface area contributed by atoms with Crippen LogP contribution in [0.1, 0.15) is 39.4 Å². The van der Waals surface area contributed by atoms with E-state index in [1.807, 2.05) is 31.2 Å². The first kappa shape index (κ1) is 18.3. The van der Waals surface area contributed by atoms with Gasteiger partial charge in [-0.3, -0.25) is 10.1 Å². The van der Waals surface area contributed by atoms with Gasteiger partial charge in [0.25, 0.3) is 5.69 Å². The summed E-state index contributed by atoms with van der Waals surface area (Å²) in [4.78, 5) is 33.5. The Morgan fingerprint density at radius 2 is 1.92 bits per heavy atom. The van der Waals surface area contributed by atoms with E-state index in [0.717, 1.165) is 17.4 Å². The van der Waals surface area contributed by atoms with Crippen LogP contribution in [0.25, 0.3) is 0 Å². The number of carbonyl (C=O) groups excluding carboxylic acids is 2. The quantitative estimate of drug-likeness (QED) is 0.332. The van der Waals surface area contributed by atoms with E-state index in [9.17, 15) is 19.7 Å². The predicted molar refractivity (Wildman–Crippen MR) is 92.7 cm³/mol. The van der Waals surface area contributed by atoms with Gasteiger partial charge in [-0.15, -0.1) is 0 Å². The SMILES string of the molecule is COC(=O)c1ccc(C[C@@H](CC=O)c2ccc(C)cc2)c([N+](=O)[O-])c1. The highest BCUT2D eigenvalue weighted by Gasteiger charge is 2.21. The van der Waals surface area contributed by atoms with Crippen LogP contribution in [0.2, 0.25) is 0 Å². The van der Waals surface area contributed by atoms with Gasteiger partial charge >= 0.3 is 5.97 Å². The fourth-order valence-corrected chi connectivity index (χ4v) is 2.71. The van der Waals surface area contributed by atoms with Crippen LogP contribution in [0, 0.1) is 17.0 Å². The minimum atomic E-state index is -0.627. The van der Waals surface area contributed by atoms with Crippen molar-refractivity contribution in [1.29, 1.82) is 0 Å². The molecule has 0 saturated carbocycles. The zero-order valence-electron chi connectivity index (χ0n) is 14.1. The largest absolute Gasteiger partial charge is 0.465 e. The third kappa shape index (κ3) is 4.50. The molecule has 2 aromatic rings. The maximum Gasteiger partial charge on any atom is 0.338 e. The first-order valence-electron chi connectivity index (χ1n) is 7.82. The van der Waals surface area contributed by atoms with Gasteiger partial charge in [0.05, 0.1) is 17.6 Å². The van der Waals surface area contributed by atoms with E-state index in [-0.39, 0.29) is 23.6 Å². The van der Waals surface area contributed by atoms with Crippen LogP contribution >= 0.6 is 0 Å². The highest BCUT2D eigenvalue weighted by Crippen LogP contribution is 2.29. The number of methoxy groups -OCH3 is 1. The second-order valence-electron chi connectivity index (χ2n) is 5.81. The average Bonchev–Trinajstić information content (AvgIpc) is 2.61. The third-order valence-corrected chi connectivity index (χ3v) is 4.10. The minimum Gasteiger partial charge on any atom is -0.465 e. The molecular formula is C19H19NO5. The second-order valence-corrected chi connectivity index (χ2v) is 5.81. The van der Waals surface area contributed by atoms with Crippen LogP contribution in [-0.4, -0.2) is 24.3 Å². The molecule has 0 aliphatic rings. The molecule has 0 amide bonds. The van der Waals surface area contributed by atoms with Crippen molar-refractivity contribution >= 4 is 17.9 Å². The number of aryl methyl sites for hydroxylation is 1. The smallest absolute Gasteiger partial charge is 0.338 e. The Kier molecular flexibility index (Phi) is 6.00. The van der Waals surface area contributed by atoms with Crippen molar-refractivity contribution in [1.82, 2.24) is 0 Å². The molecule has 0 saturated heterocycles. The van der Waals surface area contributed by atoms with Crippen molar-refractivity contribution in [3.05, 3.63) is 74.8 Å². The summed E-state index contributed by atoms with van der Waals surface area (Å²) in [7, 11) is 1.22. The molecule has 6 heteroatoms. The molecule has 0 bridgehead atoms. The molecule has 130 valence electrons. The van der Waals surface area contributed by atoms with Gasteiger partial charge in [0, 0.05) is 18.1 Å². The Bertz CT molecular complexity index is 783. The summed E-state index contributed by atoms with van der Waals surface area (Å²) in [6, 6.07) is 12.0. The molecule has 2 aromatic carbocycles. The normalized spacial score (nSPS) is 11.6. The highest BCUT2D eigenvalue weighted by molar-refractivity contribution is 5.90. The van der Waals surface area contributed by atoms with Gasteiger partial charge in [0.2, 0.25) is 0 Å². The molecule has 0 spiro atoms. The molecule has 0 aliphatic heterocycles. The lowest BCUT2D eigenvalue weighted by Crippen LogP contribution is -2.08. The number of carbonyl (C=O) groups is 2. The van der Waals surface area contributed by atoms with Crippen LogP contribution in [0.15, 0.2) is 42.5 Å². The maximum absolute atomic E-state index is 11.6. The first-order valence-corrected chi connectivity index (χ1v) is 7.82. The van der Waals surface area contributed by atoms with Crippen molar-refractivity contribution in [3.63, 3.8) is 0 Å². The monoisotopic (exact) mass is 341 g/mol. The van der Waals surface area contributed by atoms with Gasteiger partial charge in [-0.1, -0.05) is 35.9 Å². The van der Waals surface area contributed by atoms with Gasteiger partial charge in [-0.05, 0) is 30.9 Å². The summed E-state index contributed by atoms with van der Waals surface area (Å²) in [6.07, 6.45) is 1.41.